The largest absolute Gasteiger partial charge is 0.315 e. The molecule has 0 aliphatic heterocycles. The van der Waals surface area contributed by atoms with Gasteiger partial charge in [0, 0.05) is 19.1 Å². The third kappa shape index (κ3) is 5.03. The number of rotatable bonds is 8. The van der Waals surface area contributed by atoms with Crippen LogP contribution < -0.4 is 5.32 Å². The average Bonchev–Trinajstić information content (AvgIpc) is 2.35. The van der Waals surface area contributed by atoms with Crippen LogP contribution in [-0.2, 0) is 0 Å². The van der Waals surface area contributed by atoms with E-state index in [-0.39, 0.29) is 0 Å². The van der Waals surface area contributed by atoms with E-state index in [0.29, 0.717) is 6.04 Å². The fourth-order valence-electron chi connectivity index (χ4n) is 2.15. The SMILES string of the molecule is C=C(C)CN(C)C(CNCCC)c1ccccc1. The van der Waals surface area contributed by atoms with Gasteiger partial charge in [-0.25, -0.2) is 0 Å². The average molecular weight is 246 g/mol. The maximum atomic E-state index is 4.01. The van der Waals surface area contributed by atoms with Crippen molar-refractivity contribution in [2.24, 2.45) is 0 Å². The van der Waals surface area contributed by atoms with Gasteiger partial charge < -0.3 is 5.32 Å². The standard InChI is InChI=1S/C16H26N2/c1-5-11-17-12-16(18(4)13-14(2)3)15-9-7-6-8-10-15/h6-10,16-17H,2,5,11-13H2,1,3-4H3. The lowest BCUT2D eigenvalue weighted by molar-refractivity contribution is 0.257. The second-order valence-corrected chi connectivity index (χ2v) is 5.00. The van der Waals surface area contributed by atoms with Crippen molar-refractivity contribution in [1.29, 1.82) is 0 Å². The molecule has 0 radical (unpaired) electrons. The van der Waals surface area contributed by atoms with Gasteiger partial charge >= 0.3 is 0 Å². The van der Waals surface area contributed by atoms with Gasteiger partial charge in [0.1, 0.15) is 0 Å². The molecule has 2 nitrogen and oxygen atoms in total. The highest BCUT2D eigenvalue weighted by Crippen LogP contribution is 2.19. The van der Waals surface area contributed by atoms with Crippen molar-refractivity contribution in [3.05, 3.63) is 48.0 Å². The monoisotopic (exact) mass is 246 g/mol. The minimum absolute atomic E-state index is 0.412. The van der Waals surface area contributed by atoms with E-state index >= 15 is 0 Å². The number of hydrogen-bond donors (Lipinski definition) is 1. The van der Waals surface area contributed by atoms with E-state index in [1.54, 1.807) is 0 Å². The predicted molar refractivity (Wildman–Crippen MR) is 79.8 cm³/mol. The minimum Gasteiger partial charge on any atom is -0.315 e. The maximum absolute atomic E-state index is 4.01. The van der Waals surface area contributed by atoms with Crippen LogP contribution in [0.25, 0.3) is 0 Å². The molecule has 2 heteroatoms. The first-order valence-corrected chi connectivity index (χ1v) is 6.75. The normalized spacial score (nSPS) is 12.7. The second kappa shape index (κ2) is 8.06. The molecule has 1 aromatic rings. The molecule has 0 saturated heterocycles. The Morgan fingerprint density at radius 1 is 1.33 bits per heavy atom. The zero-order chi connectivity index (χ0) is 13.4. The van der Waals surface area contributed by atoms with Gasteiger partial charge in [-0.2, -0.15) is 0 Å². The second-order valence-electron chi connectivity index (χ2n) is 5.00. The molecule has 1 aromatic carbocycles. The fourth-order valence-corrected chi connectivity index (χ4v) is 2.15. The Hall–Kier alpha value is -1.12. The topological polar surface area (TPSA) is 15.3 Å². The third-order valence-corrected chi connectivity index (χ3v) is 3.00. The zero-order valence-electron chi connectivity index (χ0n) is 11.9. The van der Waals surface area contributed by atoms with Crippen LogP contribution in [0.4, 0.5) is 0 Å². The quantitative estimate of drug-likeness (QED) is 0.559. The third-order valence-electron chi connectivity index (χ3n) is 3.00. The smallest absolute Gasteiger partial charge is 0.0473 e. The van der Waals surface area contributed by atoms with E-state index in [9.17, 15) is 0 Å². The van der Waals surface area contributed by atoms with E-state index < -0.39 is 0 Å². The van der Waals surface area contributed by atoms with Crippen LogP contribution in [0.15, 0.2) is 42.5 Å². The number of benzene rings is 1. The first-order chi connectivity index (χ1) is 8.65. The molecule has 1 N–H and O–H groups in total. The van der Waals surface area contributed by atoms with Crippen molar-refractivity contribution >= 4 is 0 Å². The number of nitrogens with zero attached hydrogens (tertiary/aromatic N) is 1. The van der Waals surface area contributed by atoms with Crippen molar-refractivity contribution in [3.63, 3.8) is 0 Å². The molecule has 0 aliphatic rings. The highest BCUT2D eigenvalue weighted by Gasteiger charge is 2.16. The fraction of sp³-hybridized carbons (Fsp3) is 0.500. The molecular weight excluding hydrogens is 220 g/mol. The Labute approximate surface area is 112 Å². The van der Waals surface area contributed by atoms with Crippen LogP contribution in [-0.4, -0.2) is 31.6 Å². The summed E-state index contributed by atoms with van der Waals surface area (Å²) in [6.45, 7) is 11.3. The van der Waals surface area contributed by atoms with Crippen molar-refractivity contribution in [2.45, 2.75) is 26.3 Å². The van der Waals surface area contributed by atoms with Crippen molar-refractivity contribution in [3.8, 4) is 0 Å². The molecule has 100 valence electrons. The van der Waals surface area contributed by atoms with Crippen LogP contribution in [0.2, 0.25) is 0 Å². The van der Waals surface area contributed by atoms with Gasteiger partial charge in [-0.1, -0.05) is 49.4 Å². The Morgan fingerprint density at radius 3 is 2.56 bits per heavy atom. The highest BCUT2D eigenvalue weighted by molar-refractivity contribution is 5.19. The molecule has 0 spiro atoms. The van der Waals surface area contributed by atoms with Gasteiger partial charge in [-0.3, -0.25) is 4.90 Å². The van der Waals surface area contributed by atoms with E-state index in [1.165, 1.54) is 17.6 Å². The van der Waals surface area contributed by atoms with Gasteiger partial charge in [0.05, 0.1) is 0 Å². The first-order valence-electron chi connectivity index (χ1n) is 6.75. The molecule has 0 saturated carbocycles. The summed E-state index contributed by atoms with van der Waals surface area (Å²) >= 11 is 0. The summed E-state index contributed by atoms with van der Waals surface area (Å²) in [5.74, 6) is 0. The summed E-state index contributed by atoms with van der Waals surface area (Å²) in [7, 11) is 2.17. The Morgan fingerprint density at radius 2 is 2.00 bits per heavy atom. The van der Waals surface area contributed by atoms with Gasteiger partial charge in [0.15, 0.2) is 0 Å². The van der Waals surface area contributed by atoms with Crippen LogP contribution in [0.3, 0.4) is 0 Å². The Balaban J connectivity index is 2.71. The van der Waals surface area contributed by atoms with E-state index in [4.69, 9.17) is 0 Å². The summed E-state index contributed by atoms with van der Waals surface area (Å²) in [6.07, 6.45) is 1.17. The Kier molecular flexibility index (Phi) is 6.69. The van der Waals surface area contributed by atoms with Crippen LogP contribution in [0, 0.1) is 0 Å². The van der Waals surface area contributed by atoms with Crippen LogP contribution in [0.5, 0.6) is 0 Å². The summed E-state index contributed by atoms with van der Waals surface area (Å²) in [5, 5.41) is 3.52. The van der Waals surface area contributed by atoms with Crippen molar-refractivity contribution in [2.75, 3.05) is 26.7 Å². The van der Waals surface area contributed by atoms with Gasteiger partial charge in [0.2, 0.25) is 0 Å². The molecule has 1 atom stereocenters. The molecule has 0 heterocycles. The number of likely N-dealkylation sites (N-methyl/N-ethyl adjacent to an activating group) is 1. The molecule has 0 fully saturated rings. The maximum Gasteiger partial charge on any atom is 0.0473 e. The molecule has 18 heavy (non-hydrogen) atoms. The van der Waals surface area contributed by atoms with Gasteiger partial charge in [-0.05, 0) is 32.5 Å². The molecular formula is C16H26N2. The lowest BCUT2D eigenvalue weighted by Gasteiger charge is -2.29. The van der Waals surface area contributed by atoms with Crippen LogP contribution in [0.1, 0.15) is 31.9 Å². The zero-order valence-corrected chi connectivity index (χ0v) is 11.9. The molecule has 0 amide bonds. The summed E-state index contributed by atoms with van der Waals surface area (Å²) in [4.78, 5) is 2.36. The van der Waals surface area contributed by atoms with E-state index in [0.717, 1.165) is 19.6 Å². The summed E-state index contributed by atoms with van der Waals surface area (Å²) < 4.78 is 0. The molecule has 1 rings (SSSR count). The minimum atomic E-state index is 0.412. The lowest BCUT2D eigenvalue weighted by atomic mass is 10.1. The van der Waals surface area contributed by atoms with Gasteiger partial charge in [0.25, 0.3) is 0 Å². The van der Waals surface area contributed by atoms with E-state index in [2.05, 4.69) is 68.0 Å². The number of nitrogens with one attached hydrogen (secondary N) is 1. The van der Waals surface area contributed by atoms with Gasteiger partial charge in [-0.15, -0.1) is 0 Å². The number of hydrogen-bond acceptors (Lipinski definition) is 2. The lowest BCUT2D eigenvalue weighted by Crippen LogP contribution is -2.34. The molecule has 1 unspecified atom stereocenters. The molecule has 0 aromatic heterocycles. The van der Waals surface area contributed by atoms with E-state index in [1.807, 2.05) is 0 Å². The summed E-state index contributed by atoms with van der Waals surface area (Å²) in [6, 6.07) is 11.1. The highest BCUT2D eigenvalue weighted by atomic mass is 15.1. The van der Waals surface area contributed by atoms with Crippen molar-refractivity contribution < 1.29 is 0 Å². The Bertz CT molecular complexity index is 345. The molecule has 0 bridgehead atoms. The molecule has 0 aliphatic carbocycles. The summed E-state index contributed by atoms with van der Waals surface area (Å²) in [5.41, 5.74) is 2.57. The van der Waals surface area contributed by atoms with Crippen molar-refractivity contribution in [1.82, 2.24) is 10.2 Å². The van der Waals surface area contributed by atoms with Crippen LogP contribution >= 0.6 is 0 Å². The predicted octanol–water partition coefficient (Wildman–Crippen LogP) is 3.24. The first kappa shape index (κ1) is 14.9.